The van der Waals surface area contributed by atoms with Crippen LogP contribution in [0, 0.1) is 0 Å². The zero-order valence-corrected chi connectivity index (χ0v) is 13.8. The van der Waals surface area contributed by atoms with Crippen LogP contribution in [0.2, 0.25) is 0 Å². The fourth-order valence-electron chi connectivity index (χ4n) is 2.94. The molecule has 0 bridgehead atoms. The predicted octanol–water partition coefficient (Wildman–Crippen LogP) is 6.07. The number of fused-ring (bicyclic) bond motifs is 3. The lowest BCUT2D eigenvalue weighted by molar-refractivity contribution is 1.33. The normalized spacial score (nSPS) is 10.4. The lowest BCUT2D eigenvalue weighted by atomic mass is 10.1. The van der Waals surface area contributed by atoms with Crippen LogP contribution in [0.15, 0.2) is 103 Å². The van der Waals surface area contributed by atoms with Crippen molar-refractivity contribution >= 4 is 21.8 Å². The van der Waals surface area contributed by atoms with Crippen LogP contribution in [0.3, 0.4) is 0 Å². The highest BCUT2D eigenvalue weighted by molar-refractivity contribution is 6.06. The van der Waals surface area contributed by atoms with E-state index in [0.717, 1.165) is 11.3 Å². The summed E-state index contributed by atoms with van der Waals surface area (Å²) in [4.78, 5) is 7.63. The Hall–Kier alpha value is -3.39. The zero-order chi connectivity index (χ0) is 16.9. The van der Waals surface area contributed by atoms with E-state index in [1.807, 2.05) is 42.6 Å². The molecule has 5 aromatic rings. The maximum atomic E-state index is 4.25. The van der Waals surface area contributed by atoms with Crippen molar-refractivity contribution in [3.63, 3.8) is 0 Å². The summed E-state index contributed by atoms with van der Waals surface area (Å²) < 4.78 is 0. The Kier molecular flexibility index (Phi) is 4.25. The summed E-state index contributed by atoms with van der Waals surface area (Å²) in [6.45, 7) is 0. The molecule has 0 radical (unpaired) electrons. The lowest BCUT2D eigenvalue weighted by Crippen LogP contribution is -1.79. The quantitative estimate of drug-likeness (QED) is 0.398. The number of H-pyrrole nitrogens is 1. The average Bonchev–Trinajstić information content (AvgIpc) is 3.09. The Bertz CT molecular complexity index is 992. The molecule has 0 saturated carbocycles. The van der Waals surface area contributed by atoms with E-state index in [2.05, 4.69) is 70.6 Å². The fraction of sp³-hybridized carbons (Fsp3) is 0. The molecule has 120 valence electrons. The maximum absolute atomic E-state index is 4.25. The van der Waals surface area contributed by atoms with Crippen LogP contribution in [0.25, 0.3) is 33.1 Å². The van der Waals surface area contributed by atoms with Crippen molar-refractivity contribution in [2.45, 2.75) is 0 Å². The molecule has 0 aliphatic heterocycles. The van der Waals surface area contributed by atoms with Gasteiger partial charge in [-0.25, -0.2) is 0 Å². The number of benzene rings is 3. The number of nitrogens with one attached hydrogen (secondary N) is 1. The first kappa shape index (κ1) is 15.2. The molecule has 0 aliphatic carbocycles. The maximum Gasteiger partial charge on any atom is 0.0701 e. The minimum Gasteiger partial charge on any atom is -0.355 e. The molecule has 2 heteroatoms. The van der Waals surface area contributed by atoms with Gasteiger partial charge in [0.05, 0.1) is 5.69 Å². The third-order valence-corrected chi connectivity index (χ3v) is 4.15. The highest BCUT2D eigenvalue weighted by Gasteiger charge is 2.00. The molecular formula is C23H18N2. The number of aromatic amines is 1. The standard InChI is InChI=1S/C12H9N.C11H9N/c1-3-7-11-9(5-1)10-6-2-4-8-12(10)13-11;1-2-6-10(7-3-1)11-8-4-5-9-12-11/h1-8,13H;1-9H. The highest BCUT2D eigenvalue weighted by atomic mass is 14.7. The van der Waals surface area contributed by atoms with Gasteiger partial charge in [0, 0.05) is 33.6 Å². The third kappa shape index (κ3) is 3.29. The van der Waals surface area contributed by atoms with Crippen molar-refractivity contribution in [3.05, 3.63) is 103 Å². The van der Waals surface area contributed by atoms with E-state index in [9.17, 15) is 0 Å². The number of hydrogen-bond acceptors (Lipinski definition) is 1. The Balaban J connectivity index is 0.000000126. The second-order valence-electron chi connectivity index (χ2n) is 5.80. The van der Waals surface area contributed by atoms with E-state index in [-0.39, 0.29) is 0 Å². The van der Waals surface area contributed by atoms with Crippen molar-refractivity contribution in [2.24, 2.45) is 0 Å². The first-order valence-electron chi connectivity index (χ1n) is 8.34. The van der Waals surface area contributed by atoms with Gasteiger partial charge >= 0.3 is 0 Å². The van der Waals surface area contributed by atoms with Crippen molar-refractivity contribution < 1.29 is 0 Å². The molecule has 0 saturated heterocycles. The molecule has 0 atom stereocenters. The number of nitrogens with zero attached hydrogens (tertiary/aromatic N) is 1. The monoisotopic (exact) mass is 322 g/mol. The van der Waals surface area contributed by atoms with Gasteiger partial charge in [-0.3, -0.25) is 4.98 Å². The smallest absolute Gasteiger partial charge is 0.0701 e. The number of hydrogen-bond donors (Lipinski definition) is 1. The van der Waals surface area contributed by atoms with Crippen LogP contribution in [0.4, 0.5) is 0 Å². The molecule has 2 nitrogen and oxygen atoms in total. The molecule has 3 aromatic carbocycles. The topological polar surface area (TPSA) is 28.7 Å². The van der Waals surface area contributed by atoms with Crippen molar-refractivity contribution in [2.75, 3.05) is 0 Å². The van der Waals surface area contributed by atoms with E-state index >= 15 is 0 Å². The van der Waals surface area contributed by atoms with E-state index in [1.54, 1.807) is 0 Å². The first-order valence-corrected chi connectivity index (χ1v) is 8.34. The van der Waals surface area contributed by atoms with E-state index in [0.29, 0.717) is 0 Å². The molecule has 1 N–H and O–H groups in total. The Labute approximate surface area is 146 Å². The van der Waals surface area contributed by atoms with Gasteiger partial charge in [0.1, 0.15) is 0 Å². The molecule has 0 spiro atoms. The summed E-state index contributed by atoms with van der Waals surface area (Å²) in [5, 5.41) is 2.61. The second kappa shape index (κ2) is 7.02. The molecule has 5 rings (SSSR count). The number of aromatic nitrogens is 2. The predicted molar refractivity (Wildman–Crippen MR) is 105 cm³/mol. The molecule has 0 aliphatic rings. The van der Waals surface area contributed by atoms with Gasteiger partial charge in [0.15, 0.2) is 0 Å². The molecule has 25 heavy (non-hydrogen) atoms. The minimum absolute atomic E-state index is 1.03. The minimum atomic E-state index is 1.03. The number of para-hydroxylation sites is 2. The SMILES string of the molecule is c1ccc(-c2ccccn2)cc1.c1ccc2c(c1)[nH]c1ccccc12. The van der Waals surface area contributed by atoms with Crippen LogP contribution >= 0.6 is 0 Å². The van der Waals surface area contributed by atoms with Crippen LogP contribution in [-0.4, -0.2) is 9.97 Å². The van der Waals surface area contributed by atoms with Gasteiger partial charge in [0.2, 0.25) is 0 Å². The average molecular weight is 322 g/mol. The summed E-state index contributed by atoms with van der Waals surface area (Å²) in [6, 6.07) is 32.8. The molecule has 2 aromatic heterocycles. The van der Waals surface area contributed by atoms with Gasteiger partial charge in [-0.1, -0.05) is 72.8 Å². The van der Waals surface area contributed by atoms with E-state index in [1.165, 1.54) is 21.8 Å². The number of rotatable bonds is 1. The van der Waals surface area contributed by atoms with Gasteiger partial charge in [-0.15, -0.1) is 0 Å². The van der Waals surface area contributed by atoms with Gasteiger partial charge in [-0.2, -0.15) is 0 Å². The first-order chi connectivity index (χ1) is 12.4. The van der Waals surface area contributed by atoms with E-state index < -0.39 is 0 Å². The molecule has 0 amide bonds. The second-order valence-corrected chi connectivity index (χ2v) is 5.80. The highest BCUT2D eigenvalue weighted by Crippen LogP contribution is 2.24. The largest absolute Gasteiger partial charge is 0.355 e. The zero-order valence-electron chi connectivity index (χ0n) is 13.8. The van der Waals surface area contributed by atoms with Gasteiger partial charge in [-0.05, 0) is 24.3 Å². The Morgan fingerprint density at radius 3 is 1.68 bits per heavy atom. The van der Waals surface area contributed by atoms with Gasteiger partial charge < -0.3 is 4.98 Å². The van der Waals surface area contributed by atoms with Crippen molar-refractivity contribution in [3.8, 4) is 11.3 Å². The van der Waals surface area contributed by atoms with Crippen LogP contribution in [0.5, 0.6) is 0 Å². The lowest BCUT2D eigenvalue weighted by Gasteiger charge is -1.97. The Morgan fingerprint density at radius 1 is 0.520 bits per heavy atom. The molecule has 0 unspecified atom stereocenters. The van der Waals surface area contributed by atoms with E-state index in [4.69, 9.17) is 0 Å². The Morgan fingerprint density at radius 2 is 1.08 bits per heavy atom. The molecule has 0 fully saturated rings. The summed E-state index contributed by atoms with van der Waals surface area (Å²) >= 11 is 0. The summed E-state index contributed by atoms with van der Waals surface area (Å²) in [7, 11) is 0. The fourth-order valence-corrected chi connectivity index (χ4v) is 2.94. The van der Waals surface area contributed by atoms with Gasteiger partial charge in [0.25, 0.3) is 0 Å². The van der Waals surface area contributed by atoms with Crippen molar-refractivity contribution in [1.29, 1.82) is 0 Å². The number of pyridine rings is 1. The van der Waals surface area contributed by atoms with Crippen LogP contribution < -0.4 is 0 Å². The van der Waals surface area contributed by atoms with Crippen molar-refractivity contribution in [1.82, 2.24) is 9.97 Å². The summed E-state index contributed by atoms with van der Waals surface area (Å²) in [5.41, 5.74) is 4.61. The van der Waals surface area contributed by atoms with Crippen LogP contribution in [0.1, 0.15) is 0 Å². The van der Waals surface area contributed by atoms with Crippen LogP contribution in [-0.2, 0) is 0 Å². The molecular weight excluding hydrogens is 304 g/mol. The summed E-state index contributed by atoms with van der Waals surface area (Å²) in [5.74, 6) is 0. The third-order valence-electron chi connectivity index (χ3n) is 4.15. The molecule has 2 heterocycles. The summed E-state index contributed by atoms with van der Waals surface area (Å²) in [6.07, 6.45) is 1.81.